The highest BCUT2D eigenvalue weighted by molar-refractivity contribution is 7.12. The molecule has 1 rings (SSSR count). The molecule has 16 heavy (non-hydrogen) atoms. The van der Waals surface area contributed by atoms with Gasteiger partial charge in [-0.05, 0) is 6.92 Å². The number of nitrogens with one attached hydrogen (secondary N) is 1. The summed E-state index contributed by atoms with van der Waals surface area (Å²) in [5.74, 6) is 0.448. The van der Waals surface area contributed by atoms with Crippen molar-refractivity contribution in [3.63, 3.8) is 0 Å². The lowest BCUT2D eigenvalue weighted by molar-refractivity contribution is -0.120. The third kappa shape index (κ3) is 3.06. The molecule has 1 aromatic rings. The Balaban J connectivity index is 2.61. The predicted octanol–water partition coefficient (Wildman–Crippen LogP) is 1.85. The van der Waals surface area contributed by atoms with Crippen molar-refractivity contribution in [1.29, 1.82) is 0 Å². The van der Waals surface area contributed by atoms with E-state index in [-0.39, 0.29) is 11.7 Å². The Labute approximate surface area is 98.6 Å². The van der Waals surface area contributed by atoms with Gasteiger partial charge in [-0.15, -0.1) is 11.3 Å². The first-order chi connectivity index (χ1) is 7.58. The Morgan fingerprint density at radius 1 is 1.56 bits per heavy atom. The largest absolute Gasteiger partial charge is 0.496 e. The van der Waals surface area contributed by atoms with Crippen LogP contribution in [0.2, 0.25) is 0 Å². The van der Waals surface area contributed by atoms with Crippen molar-refractivity contribution in [2.24, 2.45) is 0 Å². The number of ether oxygens (including phenoxy) is 1. The van der Waals surface area contributed by atoms with E-state index in [9.17, 15) is 9.59 Å². The van der Waals surface area contributed by atoms with E-state index in [4.69, 9.17) is 4.74 Å². The number of hydrogen-bond donors (Lipinski definition) is 1. The molecule has 1 aromatic heterocycles. The van der Waals surface area contributed by atoms with Crippen LogP contribution in [0.4, 0.5) is 0 Å². The number of ketones is 1. The maximum atomic E-state index is 11.7. The van der Waals surface area contributed by atoms with Crippen LogP contribution >= 0.6 is 11.3 Å². The highest BCUT2D eigenvalue weighted by atomic mass is 32.1. The molecule has 1 atom stereocenters. The van der Waals surface area contributed by atoms with Crippen LogP contribution in [0.25, 0.3) is 0 Å². The van der Waals surface area contributed by atoms with Gasteiger partial charge in [0, 0.05) is 17.9 Å². The molecule has 0 aliphatic carbocycles. The number of rotatable bonds is 5. The van der Waals surface area contributed by atoms with E-state index in [0.29, 0.717) is 17.0 Å². The van der Waals surface area contributed by atoms with Gasteiger partial charge in [0.1, 0.15) is 5.75 Å². The van der Waals surface area contributed by atoms with Gasteiger partial charge in [0.25, 0.3) is 5.91 Å². The summed E-state index contributed by atoms with van der Waals surface area (Å²) in [5.41, 5.74) is 0. The number of hydrogen-bond acceptors (Lipinski definition) is 4. The van der Waals surface area contributed by atoms with Crippen LogP contribution in [-0.2, 0) is 4.79 Å². The van der Waals surface area contributed by atoms with E-state index in [1.807, 2.05) is 0 Å². The van der Waals surface area contributed by atoms with Crippen molar-refractivity contribution in [3.05, 3.63) is 16.3 Å². The monoisotopic (exact) mass is 241 g/mol. The standard InChI is InChI=1S/C11H15NO3S/c1-4-9(13)7(2)12-11(14)10-5-8(15-3)6-16-10/h5-7H,4H2,1-3H3,(H,12,14). The Morgan fingerprint density at radius 3 is 2.75 bits per heavy atom. The Kier molecular flexibility index (Phi) is 4.49. The number of carbonyl (C=O) groups excluding carboxylic acids is 2. The third-order valence-electron chi connectivity index (χ3n) is 2.21. The van der Waals surface area contributed by atoms with Crippen molar-refractivity contribution in [3.8, 4) is 5.75 Å². The van der Waals surface area contributed by atoms with Gasteiger partial charge < -0.3 is 10.1 Å². The summed E-state index contributed by atoms with van der Waals surface area (Å²) in [5, 5.41) is 4.40. The highest BCUT2D eigenvalue weighted by Gasteiger charge is 2.16. The van der Waals surface area contributed by atoms with Crippen LogP contribution in [0.3, 0.4) is 0 Å². The van der Waals surface area contributed by atoms with Crippen molar-refractivity contribution in [1.82, 2.24) is 5.32 Å². The summed E-state index contributed by atoms with van der Waals surface area (Å²) in [4.78, 5) is 23.5. The minimum Gasteiger partial charge on any atom is -0.496 e. The number of Topliss-reactive ketones (excluding diaryl/α,β-unsaturated/α-hetero) is 1. The average Bonchev–Trinajstić information content (AvgIpc) is 2.76. The molecule has 0 aliphatic rings. The van der Waals surface area contributed by atoms with Crippen molar-refractivity contribution >= 4 is 23.0 Å². The second-order valence-electron chi connectivity index (χ2n) is 3.37. The highest BCUT2D eigenvalue weighted by Crippen LogP contribution is 2.20. The zero-order valence-electron chi connectivity index (χ0n) is 9.57. The molecule has 1 heterocycles. The molecule has 0 saturated carbocycles. The van der Waals surface area contributed by atoms with Crippen molar-refractivity contribution < 1.29 is 14.3 Å². The van der Waals surface area contributed by atoms with Crippen LogP contribution in [0.1, 0.15) is 29.9 Å². The summed E-state index contributed by atoms with van der Waals surface area (Å²) < 4.78 is 4.98. The molecule has 0 radical (unpaired) electrons. The van der Waals surface area contributed by atoms with E-state index >= 15 is 0 Å². The van der Waals surface area contributed by atoms with Gasteiger partial charge in [-0.1, -0.05) is 6.92 Å². The van der Waals surface area contributed by atoms with E-state index < -0.39 is 6.04 Å². The summed E-state index contributed by atoms with van der Waals surface area (Å²) >= 11 is 1.30. The second kappa shape index (κ2) is 5.65. The van der Waals surface area contributed by atoms with Crippen LogP contribution in [0, 0.1) is 0 Å². The van der Waals surface area contributed by atoms with E-state index in [1.165, 1.54) is 11.3 Å². The molecule has 1 unspecified atom stereocenters. The van der Waals surface area contributed by atoms with Gasteiger partial charge in [0.2, 0.25) is 0 Å². The minimum absolute atomic E-state index is 0.0249. The SMILES string of the molecule is CCC(=O)C(C)NC(=O)c1cc(OC)cs1. The van der Waals surface area contributed by atoms with Crippen LogP contribution in [-0.4, -0.2) is 24.8 Å². The first kappa shape index (κ1) is 12.7. The maximum Gasteiger partial charge on any atom is 0.262 e. The number of thiophene rings is 1. The summed E-state index contributed by atoms with van der Waals surface area (Å²) in [6.07, 6.45) is 0.426. The predicted molar refractivity (Wildman–Crippen MR) is 63.1 cm³/mol. The van der Waals surface area contributed by atoms with E-state index in [0.717, 1.165) is 0 Å². The molecule has 0 spiro atoms. The van der Waals surface area contributed by atoms with Crippen molar-refractivity contribution in [2.45, 2.75) is 26.3 Å². The molecule has 0 bridgehead atoms. The van der Waals surface area contributed by atoms with Crippen LogP contribution < -0.4 is 10.1 Å². The molecule has 1 amide bonds. The molecule has 0 saturated heterocycles. The Hall–Kier alpha value is -1.36. The normalized spacial score (nSPS) is 11.9. The van der Waals surface area contributed by atoms with E-state index in [1.54, 1.807) is 32.4 Å². The summed E-state index contributed by atoms with van der Waals surface area (Å²) in [6.45, 7) is 3.47. The van der Waals surface area contributed by atoms with Gasteiger partial charge in [-0.25, -0.2) is 0 Å². The molecule has 0 aliphatic heterocycles. The molecular weight excluding hydrogens is 226 g/mol. The lowest BCUT2D eigenvalue weighted by atomic mass is 10.2. The topological polar surface area (TPSA) is 55.4 Å². The van der Waals surface area contributed by atoms with Crippen LogP contribution in [0.5, 0.6) is 5.75 Å². The van der Waals surface area contributed by atoms with Gasteiger partial charge in [0.05, 0.1) is 18.0 Å². The number of carbonyl (C=O) groups is 2. The fourth-order valence-corrected chi connectivity index (χ4v) is 1.96. The van der Waals surface area contributed by atoms with Crippen molar-refractivity contribution in [2.75, 3.05) is 7.11 Å². The quantitative estimate of drug-likeness (QED) is 0.856. The second-order valence-corrected chi connectivity index (χ2v) is 4.28. The average molecular weight is 241 g/mol. The van der Waals surface area contributed by atoms with Gasteiger partial charge in [-0.3, -0.25) is 9.59 Å². The molecule has 0 fully saturated rings. The first-order valence-corrected chi connectivity index (χ1v) is 5.92. The van der Waals surface area contributed by atoms with Gasteiger partial charge in [0.15, 0.2) is 5.78 Å². The lowest BCUT2D eigenvalue weighted by Gasteiger charge is -2.10. The molecule has 1 N–H and O–H groups in total. The van der Waals surface area contributed by atoms with Gasteiger partial charge in [-0.2, -0.15) is 0 Å². The number of methoxy groups -OCH3 is 1. The number of amides is 1. The Bertz CT molecular complexity index is 386. The molecule has 5 heteroatoms. The van der Waals surface area contributed by atoms with Crippen LogP contribution in [0.15, 0.2) is 11.4 Å². The summed E-state index contributed by atoms with van der Waals surface area (Å²) in [7, 11) is 1.55. The third-order valence-corrected chi connectivity index (χ3v) is 3.12. The lowest BCUT2D eigenvalue weighted by Crippen LogP contribution is -2.37. The van der Waals surface area contributed by atoms with E-state index in [2.05, 4.69) is 5.32 Å². The zero-order chi connectivity index (χ0) is 12.1. The maximum absolute atomic E-state index is 11.7. The fourth-order valence-electron chi connectivity index (χ4n) is 1.20. The molecule has 88 valence electrons. The Morgan fingerprint density at radius 2 is 2.25 bits per heavy atom. The zero-order valence-corrected chi connectivity index (χ0v) is 10.4. The first-order valence-electron chi connectivity index (χ1n) is 5.04. The smallest absolute Gasteiger partial charge is 0.262 e. The molecular formula is C11H15NO3S. The molecule has 4 nitrogen and oxygen atoms in total. The summed E-state index contributed by atoms with van der Waals surface area (Å²) in [6, 6.07) is 1.22. The van der Waals surface area contributed by atoms with Gasteiger partial charge >= 0.3 is 0 Å². The molecule has 0 aromatic carbocycles. The fraction of sp³-hybridized carbons (Fsp3) is 0.455. The minimum atomic E-state index is -0.439.